The lowest BCUT2D eigenvalue weighted by atomic mass is 10.0. The molecule has 1 amide bonds. The van der Waals surface area contributed by atoms with Gasteiger partial charge >= 0.3 is 10.1 Å². The number of nitrogens with zero attached hydrogens (tertiary/aromatic N) is 1. The van der Waals surface area contributed by atoms with Crippen molar-refractivity contribution in [1.29, 1.82) is 0 Å². The van der Waals surface area contributed by atoms with Crippen LogP contribution in [-0.4, -0.2) is 31.5 Å². The highest BCUT2D eigenvalue weighted by Crippen LogP contribution is 2.28. The Hall–Kier alpha value is -1.56. The zero-order valence-corrected chi connectivity index (χ0v) is 15.5. The molecule has 24 heavy (non-hydrogen) atoms. The maximum Gasteiger partial charge on any atom is 0.306 e. The summed E-state index contributed by atoms with van der Waals surface area (Å²) in [5, 5.41) is 0. The number of rotatable bonds is 7. The molecule has 134 valence electrons. The fourth-order valence-electron chi connectivity index (χ4n) is 3.15. The van der Waals surface area contributed by atoms with Crippen LogP contribution in [0.15, 0.2) is 24.3 Å². The van der Waals surface area contributed by atoms with Crippen LogP contribution in [0.1, 0.15) is 51.5 Å². The molecule has 0 unspecified atom stereocenters. The molecule has 1 aromatic carbocycles. The van der Waals surface area contributed by atoms with E-state index in [1.54, 1.807) is 18.2 Å². The molecule has 0 saturated heterocycles. The van der Waals surface area contributed by atoms with Gasteiger partial charge in [-0.2, -0.15) is 8.42 Å². The summed E-state index contributed by atoms with van der Waals surface area (Å²) in [5.41, 5.74) is 0.878. The Morgan fingerprint density at radius 1 is 1.33 bits per heavy atom. The van der Waals surface area contributed by atoms with Crippen molar-refractivity contribution in [2.75, 3.05) is 6.26 Å². The van der Waals surface area contributed by atoms with Gasteiger partial charge in [0.15, 0.2) is 0 Å². The summed E-state index contributed by atoms with van der Waals surface area (Å²) in [7, 11) is -3.55. The van der Waals surface area contributed by atoms with Crippen molar-refractivity contribution < 1.29 is 17.4 Å². The number of carbonyl (C=O) groups is 1. The number of hydrogen-bond donors (Lipinski definition) is 0. The SMILES string of the molecule is CC[C@H](C)N(Cc1cccc(OS(C)(=O)=O)c1)C(=O)C1CCCC1. The first-order valence-corrected chi connectivity index (χ1v) is 10.4. The molecule has 1 aliphatic carbocycles. The molecule has 1 atom stereocenters. The molecule has 0 N–H and O–H groups in total. The second-order valence-electron chi connectivity index (χ2n) is 6.64. The quantitative estimate of drug-likeness (QED) is 0.705. The van der Waals surface area contributed by atoms with Crippen LogP contribution in [-0.2, 0) is 21.5 Å². The molecule has 1 fully saturated rings. The summed E-state index contributed by atoms with van der Waals surface area (Å²) < 4.78 is 27.5. The third-order valence-electron chi connectivity index (χ3n) is 4.61. The van der Waals surface area contributed by atoms with Crippen LogP contribution in [0.4, 0.5) is 0 Å². The summed E-state index contributed by atoms with van der Waals surface area (Å²) in [6.07, 6.45) is 6.11. The Morgan fingerprint density at radius 2 is 2.00 bits per heavy atom. The number of benzene rings is 1. The molecule has 1 saturated carbocycles. The van der Waals surface area contributed by atoms with Crippen molar-refractivity contribution in [2.24, 2.45) is 5.92 Å². The van der Waals surface area contributed by atoms with Crippen molar-refractivity contribution in [3.63, 3.8) is 0 Å². The molecule has 1 aromatic rings. The van der Waals surface area contributed by atoms with Crippen molar-refractivity contribution >= 4 is 16.0 Å². The predicted molar refractivity (Wildman–Crippen MR) is 94.2 cm³/mol. The molecule has 1 aliphatic rings. The van der Waals surface area contributed by atoms with Gasteiger partial charge in [-0.25, -0.2) is 0 Å². The number of hydrogen-bond acceptors (Lipinski definition) is 4. The van der Waals surface area contributed by atoms with Crippen LogP contribution >= 0.6 is 0 Å². The van der Waals surface area contributed by atoms with Gasteiger partial charge in [-0.1, -0.05) is 31.9 Å². The molecule has 0 spiro atoms. The van der Waals surface area contributed by atoms with Crippen LogP contribution in [0, 0.1) is 5.92 Å². The van der Waals surface area contributed by atoms with E-state index in [1.807, 2.05) is 11.0 Å². The zero-order chi connectivity index (χ0) is 17.7. The van der Waals surface area contributed by atoms with Gasteiger partial charge in [0.25, 0.3) is 0 Å². The van der Waals surface area contributed by atoms with Crippen molar-refractivity contribution in [3.8, 4) is 5.75 Å². The number of amides is 1. The predicted octanol–water partition coefficient (Wildman–Crippen LogP) is 3.34. The Balaban J connectivity index is 2.17. The lowest BCUT2D eigenvalue weighted by Gasteiger charge is -2.31. The summed E-state index contributed by atoms with van der Waals surface area (Å²) in [6.45, 7) is 4.61. The topological polar surface area (TPSA) is 63.7 Å². The van der Waals surface area contributed by atoms with Gasteiger partial charge in [-0.15, -0.1) is 0 Å². The van der Waals surface area contributed by atoms with Gasteiger partial charge in [0, 0.05) is 18.5 Å². The monoisotopic (exact) mass is 353 g/mol. The standard InChI is InChI=1S/C18H27NO4S/c1-4-14(2)19(18(20)16-9-5-6-10-16)13-15-8-7-11-17(12-15)23-24(3,21)22/h7-8,11-12,14,16H,4-6,9-10,13H2,1-3H3/t14-/m0/s1. The molecule has 0 bridgehead atoms. The van der Waals surface area contributed by atoms with Crippen LogP contribution in [0.2, 0.25) is 0 Å². The van der Waals surface area contributed by atoms with Gasteiger partial charge in [0.05, 0.1) is 6.26 Å². The van der Waals surface area contributed by atoms with Crippen molar-refractivity contribution in [1.82, 2.24) is 4.90 Å². The van der Waals surface area contributed by atoms with Gasteiger partial charge in [0.1, 0.15) is 5.75 Å². The van der Waals surface area contributed by atoms with E-state index < -0.39 is 10.1 Å². The fraction of sp³-hybridized carbons (Fsp3) is 0.611. The van der Waals surface area contributed by atoms with E-state index in [2.05, 4.69) is 13.8 Å². The van der Waals surface area contributed by atoms with E-state index in [-0.39, 0.29) is 23.6 Å². The second kappa shape index (κ2) is 8.01. The lowest BCUT2D eigenvalue weighted by molar-refractivity contribution is -0.138. The van der Waals surface area contributed by atoms with Gasteiger partial charge in [-0.05, 0) is 43.9 Å². The summed E-state index contributed by atoms with van der Waals surface area (Å²) in [5.74, 6) is 0.637. The fourth-order valence-corrected chi connectivity index (χ4v) is 3.60. The van der Waals surface area contributed by atoms with Crippen LogP contribution in [0.5, 0.6) is 5.75 Å². The third kappa shape index (κ3) is 5.23. The first kappa shape index (κ1) is 18.8. The van der Waals surface area contributed by atoms with Crippen molar-refractivity contribution in [3.05, 3.63) is 29.8 Å². The summed E-state index contributed by atoms with van der Waals surface area (Å²) in [6, 6.07) is 7.10. The first-order valence-electron chi connectivity index (χ1n) is 8.59. The highest BCUT2D eigenvalue weighted by molar-refractivity contribution is 7.86. The first-order chi connectivity index (χ1) is 11.3. The Bertz CT molecular complexity index is 665. The number of carbonyl (C=O) groups excluding carboxylic acids is 1. The minimum Gasteiger partial charge on any atom is -0.383 e. The van der Waals surface area contributed by atoms with E-state index in [1.165, 1.54) is 0 Å². The van der Waals surface area contributed by atoms with E-state index in [0.717, 1.165) is 43.9 Å². The summed E-state index contributed by atoms with van der Waals surface area (Å²) in [4.78, 5) is 14.8. The van der Waals surface area contributed by atoms with E-state index >= 15 is 0 Å². The average molecular weight is 353 g/mol. The molecule has 6 heteroatoms. The summed E-state index contributed by atoms with van der Waals surface area (Å²) >= 11 is 0. The van der Waals surface area contributed by atoms with Crippen LogP contribution in [0.25, 0.3) is 0 Å². The van der Waals surface area contributed by atoms with E-state index in [0.29, 0.717) is 6.54 Å². The molecule has 0 radical (unpaired) electrons. The third-order valence-corrected chi connectivity index (χ3v) is 5.10. The van der Waals surface area contributed by atoms with Crippen LogP contribution < -0.4 is 4.18 Å². The lowest BCUT2D eigenvalue weighted by Crippen LogP contribution is -2.40. The Kier molecular flexibility index (Phi) is 6.27. The Labute approximate surface area is 145 Å². The molecule has 0 aliphatic heterocycles. The average Bonchev–Trinajstić information content (AvgIpc) is 3.04. The smallest absolute Gasteiger partial charge is 0.306 e. The molecule has 2 rings (SSSR count). The highest BCUT2D eigenvalue weighted by atomic mass is 32.2. The molecule has 5 nitrogen and oxygen atoms in total. The van der Waals surface area contributed by atoms with Gasteiger partial charge < -0.3 is 9.08 Å². The maximum atomic E-state index is 12.9. The maximum absolute atomic E-state index is 12.9. The molecule has 0 heterocycles. The highest BCUT2D eigenvalue weighted by Gasteiger charge is 2.29. The molecular weight excluding hydrogens is 326 g/mol. The minimum atomic E-state index is -3.55. The van der Waals surface area contributed by atoms with Crippen LogP contribution in [0.3, 0.4) is 0 Å². The Morgan fingerprint density at radius 3 is 2.58 bits per heavy atom. The molecular formula is C18H27NO4S. The minimum absolute atomic E-state index is 0.134. The van der Waals surface area contributed by atoms with E-state index in [9.17, 15) is 13.2 Å². The largest absolute Gasteiger partial charge is 0.383 e. The van der Waals surface area contributed by atoms with E-state index in [4.69, 9.17) is 4.18 Å². The van der Waals surface area contributed by atoms with Crippen molar-refractivity contribution in [2.45, 2.75) is 58.5 Å². The molecule has 0 aromatic heterocycles. The second-order valence-corrected chi connectivity index (χ2v) is 8.21. The zero-order valence-electron chi connectivity index (χ0n) is 14.7. The normalized spacial score (nSPS) is 16.8. The van der Waals surface area contributed by atoms with Gasteiger partial charge in [-0.3, -0.25) is 4.79 Å². The van der Waals surface area contributed by atoms with Gasteiger partial charge in [0.2, 0.25) is 5.91 Å².